The fraction of sp³-hybridized carbons (Fsp3) is 0.462. The maximum absolute atomic E-state index is 11.8. The lowest BCUT2D eigenvalue weighted by atomic mass is 9.98. The zero-order valence-electron chi connectivity index (χ0n) is 11.4. The Labute approximate surface area is 117 Å². The molecule has 2 aromatic heterocycles. The Hall–Kier alpha value is -2.31. The van der Waals surface area contributed by atoms with Gasteiger partial charge in [-0.05, 0) is 12.3 Å². The number of rotatable bonds is 3. The quantitative estimate of drug-likeness (QED) is 0.876. The Balaban J connectivity index is 1.47. The molecule has 0 radical (unpaired) electrons. The fourth-order valence-electron chi connectivity index (χ4n) is 2.47. The van der Waals surface area contributed by atoms with Crippen molar-refractivity contribution in [3.8, 4) is 0 Å². The molecule has 2 aromatic rings. The molecule has 0 aliphatic carbocycles. The van der Waals surface area contributed by atoms with Crippen molar-refractivity contribution in [2.45, 2.75) is 19.4 Å². The van der Waals surface area contributed by atoms with Crippen LogP contribution in [0.3, 0.4) is 0 Å². The maximum atomic E-state index is 11.8. The summed E-state index contributed by atoms with van der Waals surface area (Å²) in [5, 5.41) is 9.71. The molecule has 0 aromatic carbocycles. The van der Waals surface area contributed by atoms with Gasteiger partial charge in [-0.2, -0.15) is 5.10 Å². The molecule has 1 aliphatic rings. The van der Waals surface area contributed by atoms with Crippen molar-refractivity contribution in [2.75, 3.05) is 11.9 Å². The second-order valence-corrected chi connectivity index (χ2v) is 5.11. The number of amides is 2. The summed E-state index contributed by atoms with van der Waals surface area (Å²) in [7, 11) is 1.81. The minimum Gasteiger partial charge on any atom is -0.338 e. The maximum Gasteiger partial charge on any atom is 0.320 e. The second kappa shape index (κ2) is 5.36. The molecule has 0 spiro atoms. The predicted molar refractivity (Wildman–Crippen MR) is 74.3 cm³/mol. The number of hydrogen-bond donors (Lipinski definition) is 2. The van der Waals surface area contributed by atoms with Gasteiger partial charge in [-0.1, -0.05) is 0 Å². The summed E-state index contributed by atoms with van der Waals surface area (Å²) in [5.41, 5.74) is 0. The van der Waals surface area contributed by atoms with E-state index in [9.17, 15) is 4.79 Å². The van der Waals surface area contributed by atoms with E-state index >= 15 is 0 Å². The molecule has 7 nitrogen and oxygen atoms in total. The summed E-state index contributed by atoms with van der Waals surface area (Å²) in [5.74, 6) is 2.11. The van der Waals surface area contributed by atoms with E-state index in [-0.39, 0.29) is 6.03 Å². The molecule has 0 unspecified atom stereocenters. The summed E-state index contributed by atoms with van der Waals surface area (Å²) in [6, 6.07) is 1.55. The highest BCUT2D eigenvalue weighted by atomic mass is 16.2. The van der Waals surface area contributed by atoms with Crippen LogP contribution >= 0.6 is 0 Å². The van der Waals surface area contributed by atoms with Crippen molar-refractivity contribution in [3.63, 3.8) is 0 Å². The van der Waals surface area contributed by atoms with Gasteiger partial charge in [0.25, 0.3) is 0 Å². The van der Waals surface area contributed by atoms with Gasteiger partial charge in [-0.3, -0.25) is 10.00 Å². The van der Waals surface area contributed by atoms with E-state index in [0.717, 1.165) is 25.2 Å². The predicted octanol–water partition coefficient (Wildman–Crippen LogP) is 1.00. The third-order valence-corrected chi connectivity index (χ3v) is 3.56. The van der Waals surface area contributed by atoms with Crippen molar-refractivity contribution in [2.24, 2.45) is 13.0 Å². The average Bonchev–Trinajstić information content (AvgIpc) is 3.04. The van der Waals surface area contributed by atoms with Crippen LogP contribution in [0.1, 0.15) is 12.2 Å². The monoisotopic (exact) mass is 274 g/mol. The van der Waals surface area contributed by atoms with Crippen LogP contribution in [0.4, 0.5) is 10.6 Å². The topological polar surface area (TPSA) is 76.8 Å². The van der Waals surface area contributed by atoms with Gasteiger partial charge in [0.05, 0.1) is 0 Å². The van der Waals surface area contributed by atoms with E-state index in [1.54, 1.807) is 16.9 Å². The summed E-state index contributed by atoms with van der Waals surface area (Å²) < 4.78 is 3.82. The standard InChI is InChI=1S/C13H18N6O/c1-18-5-3-11(17-18)16-13(20)15-9-10-2-6-19-7-4-14-12(19)8-10/h3-5,7,10H,2,6,8-9H2,1H3,(H2,15,16,17,20)/t10-/m1/s1. The number of aromatic nitrogens is 4. The number of aryl methyl sites for hydroxylation is 2. The van der Waals surface area contributed by atoms with Crippen LogP contribution in [0.25, 0.3) is 0 Å². The largest absolute Gasteiger partial charge is 0.338 e. The van der Waals surface area contributed by atoms with E-state index in [1.807, 2.05) is 19.4 Å². The lowest BCUT2D eigenvalue weighted by molar-refractivity contribution is 0.248. The molecule has 2 N–H and O–H groups in total. The van der Waals surface area contributed by atoms with E-state index in [1.165, 1.54) is 0 Å². The summed E-state index contributed by atoms with van der Waals surface area (Å²) in [4.78, 5) is 16.1. The van der Waals surface area contributed by atoms with E-state index < -0.39 is 0 Å². The molecule has 1 aliphatic heterocycles. The first-order valence-electron chi connectivity index (χ1n) is 6.75. The smallest absolute Gasteiger partial charge is 0.320 e. The number of urea groups is 1. The Morgan fingerprint density at radius 1 is 1.50 bits per heavy atom. The zero-order chi connectivity index (χ0) is 13.9. The molecule has 7 heteroatoms. The number of carbonyl (C=O) groups excluding carboxylic acids is 1. The minimum atomic E-state index is -0.211. The van der Waals surface area contributed by atoms with Gasteiger partial charge in [0.2, 0.25) is 0 Å². The molecule has 2 amide bonds. The molecule has 106 valence electrons. The van der Waals surface area contributed by atoms with Gasteiger partial charge in [0, 0.05) is 51.2 Å². The van der Waals surface area contributed by atoms with E-state index in [4.69, 9.17) is 0 Å². The Kier molecular flexibility index (Phi) is 3.41. The zero-order valence-corrected chi connectivity index (χ0v) is 11.4. The molecular weight excluding hydrogens is 256 g/mol. The first-order chi connectivity index (χ1) is 9.70. The molecule has 3 rings (SSSR count). The molecule has 0 fully saturated rings. The number of carbonyl (C=O) groups is 1. The Morgan fingerprint density at radius 2 is 2.40 bits per heavy atom. The van der Waals surface area contributed by atoms with Gasteiger partial charge in [0.1, 0.15) is 5.82 Å². The molecule has 0 bridgehead atoms. The molecule has 0 saturated carbocycles. The van der Waals surface area contributed by atoms with Crippen LogP contribution in [0, 0.1) is 5.92 Å². The number of nitrogens with one attached hydrogen (secondary N) is 2. The van der Waals surface area contributed by atoms with Crippen molar-refractivity contribution >= 4 is 11.8 Å². The number of hydrogen-bond acceptors (Lipinski definition) is 3. The van der Waals surface area contributed by atoms with E-state index in [0.29, 0.717) is 18.3 Å². The summed E-state index contributed by atoms with van der Waals surface area (Å²) in [6.45, 7) is 1.63. The van der Waals surface area contributed by atoms with Gasteiger partial charge in [0.15, 0.2) is 5.82 Å². The third-order valence-electron chi connectivity index (χ3n) is 3.56. The molecule has 20 heavy (non-hydrogen) atoms. The average molecular weight is 274 g/mol. The minimum absolute atomic E-state index is 0.211. The first-order valence-corrected chi connectivity index (χ1v) is 6.75. The van der Waals surface area contributed by atoms with Crippen molar-refractivity contribution in [1.29, 1.82) is 0 Å². The molecule has 1 atom stereocenters. The summed E-state index contributed by atoms with van der Waals surface area (Å²) in [6.07, 6.45) is 7.60. The number of imidazole rings is 1. The molecular formula is C13H18N6O. The number of fused-ring (bicyclic) bond motifs is 1. The summed E-state index contributed by atoms with van der Waals surface area (Å²) >= 11 is 0. The number of nitrogens with zero attached hydrogens (tertiary/aromatic N) is 4. The second-order valence-electron chi connectivity index (χ2n) is 5.11. The third kappa shape index (κ3) is 2.81. The van der Waals surface area contributed by atoms with Crippen LogP contribution in [0.5, 0.6) is 0 Å². The van der Waals surface area contributed by atoms with Crippen LogP contribution < -0.4 is 10.6 Å². The lowest BCUT2D eigenvalue weighted by Crippen LogP contribution is -2.35. The SMILES string of the molecule is Cn1ccc(NC(=O)NC[C@@H]2CCn3ccnc3C2)n1. The van der Waals surface area contributed by atoms with Crippen molar-refractivity contribution in [3.05, 3.63) is 30.5 Å². The normalized spacial score (nSPS) is 17.6. The highest BCUT2D eigenvalue weighted by Crippen LogP contribution is 2.18. The first kappa shape index (κ1) is 12.7. The van der Waals surface area contributed by atoms with Crippen LogP contribution in [0.2, 0.25) is 0 Å². The van der Waals surface area contributed by atoms with Gasteiger partial charge < -0.3 is 9.88 Å². The molecule has 0 saturated heterocycles. The lowest BCUT2D eigenvalue weighted by Gasteiger charge is -2.23. The van der Waals surface area contributed by atoms with Crippen LogP contribution in [-0.4, -0.2) is 31.9 Å². The van der Waals surface area contributed by atoms with Crippen LogP contribution in [-0.2, 0) is 20.0 Å². The van der Waals surface area contributed by atoms with Gasteiger partial charge >= 0.3 is 6.03 Å². The number of anilines is 1. The highest BCUT2D eigenvalue weighted by molar-refractivity contribution is 5.88. The Bertz CT molecular complexity index is 602. The van der Waals surface area contributed by atoms with Gasteiger partial charge in [-0.15, -0.1) is 0 Å². The fourth-order valence-corrected chi connectivity index (χ4v) is 2.47. The van der Waals surface area contributed by atoms with Gasteiger partial charge in [-0.25, -0.2) is 9.78 Å². The molecule has 3 heterocycles. The highest BCUT2D eigenvalue weighted by Gasteiger charge is 2.19. The van der Waals surface area contributed by atoms with E-state index in [2.05, 4.69) is 25.3 Å². The van der Waals surface area contributed by atoms with Crippen molar-refractivity contribution in [1.82, 2.24) is 24.6 Å². The Morgan fingerprint density at radius 3 is 3.20 bits per heavy atom. The van der Waals surface area contributed by atoms with Crippen molar-refractivity contribution < 1.29 is 4.79 Å². The van der Waals surface area contributed by atoms with Crippen LogP contribution in [0.15, 0.2) is 24.7 Å².